The van der Waals surface area contributed by atoms with Crippen LogP contribution < -0.4 is 16.1 Å². The van der Waals surface area contributed by atoms with E-state index in [1.807, 2.05) is 95.3 Å². The fourth-order valence-corrected chi connectivity index (χ4v) is 7.42. The minimum absolute atomic E-state index is 0.0251. The van der Waals surface area contributed by atoms with Crippen LogP contribution in [0, 0.1) is 36.0 Å². The average Bonchev–Trinajstić information content (AvgIpc) is 3.96. The second-order valence-electron chi connectivity index (χ2n) is 17.0. The Balaban J connectivity index is 1.56. The van der Waals surface area contributed by atoms with Crippen molar-refractivity contribution in [3.05, 3.63) is 71.8 Å². The van der Waals surface area contributed by atoms with Gasteiger partial charge in [0.2, 0.25) is 17.7 Å². The maximum atomic E-state index is 14.5. The number of ketones is 2. The van der Waals surface area contributed by atoms with Gasteiger partial charge < -0.3 is 20.1 Å². The number of morpholine rings is 1. The molecule has 3 amide bonds. The summed E-state index contributed by atoms with van der Waals surface area (Å²) in [4.78, 5) is 71.1. The average molecular weight is 812 g/mol. The van der Waals surface area contributed by atoms with Gasteiger partial charge in [-0.3, -0.25) is 28.9 Å². The summed E-state index contributed by atoms with van der Waals surface area (Å²) in [5, 5.41) is 10.7. The number of benzene rings is 2. The standard InChI is InChI=1S/C47H65N5O7/c1-7-8-19-43(55)50-51-44(47(6)32-59-47)41(27-34(4)5)49-46(57)38(28-36-17-13-10-14-18-36)30-42(54)40(26-33(2)3)48-45(56)37(21-20-35-15-11-9-12-16-35)29-39(53)31-52-22-24-58-25-23-52/h1,9-18,33-34,37-38,40-41H,8,19-32H2,2-6H3,(H,48,56)(H,49,57)(H,50,55)/b51-44-/t37-,38-,40+,41+,47-/m1/s1. The molecular weight excluding hydrogens is 747 g/mol. The zero-order valence-corrected chi connectivity index (χ0v) is 35.7. The highest BCUT2D eigenvalue weighted by Crippen LogP contribution is 2.31. The van der Waals surface area contributed by atoms with Gasteiger partial charge in [0.05, 0.1) is 44.2 Å². The third kappa shape index (κ3) is 16.5. The maximum absolute atomic E-state index is 14.5. The maximum Gasteiger partial charge on any atom is 0.241 e. The molecule has 5 atom stereocenters. The number of hydrogen-bond donors (Lipinski definition) is 3. The summed E-state index contributed by atoms with van der Waals surface area (Å²) in [6.07, 6.45) is 7.89. The van der Waals surface area contributed by atoms with E-state index in [1.54, 1.807) is 0 Å². The molecule has 3 N–H and O–H groups in total. The molecule has 0 saturated carbocycles. The van der Waals surface area contributed by atoms with Crippen molar-refractivity contribution >= 4 is 35.0 Å². The van der Waals surface area contributed by atoms with Crippen LogP contribution in [0.1, 0.15) is 90.7 Å². The quantitative estimate of drug-likeness (QED) is 0.0543. The van der Waals surface area contributed by atoms with Crippen LogP contribution in [0.25, 0.3) is 0 Å². The van der Waals surface area contributed by atoms with Crippen molar-refractivity contribution in [3.63, 3.8) is 0 Å². The SMILES string of the molecule is C#CCCC(=O)N/N=C(/[C@H](CC(C)C)NC(=O)[C@@H](CC(=O)[C@H](CC(C)C)NC(=O)[C@H](CCc1ccccc1)CC(=O)CN1CCOCC1)Cc1ccccc1)[C@@]1(C)CO1. The third-order valence-electron chi connectivity index (χ3n) is 10.8. The number of ether oxygens (including phenoxy) is 2. The molecule has 0 radical (unpaired) electrons. The fraction of sp³-hybridized carbons (Fsp3) is 0.574. The van der Waals surface area contributed by atoms with E-state index >= 15 is 0 Å². The first-order chi connectivity index (χ1) is 28.3. The van der Waals surface area contributed by atoms with E-state index in [9.17, 15) is 24.0 Å². The number of carbonyl (C=O) groups is 5. The lowest BCUT2D eigenvalue weighted by molar-refractivity contribution is -0.134. The summed E-state index contributed by atoms with van der Waals surface area (Å²) in [7, 11) is 0. The topological polar surface area (TPSA) is 159 Å². The first-order valence-corrected chi connectivity index (χ1v) is 21.2. The Morgan fingerprint density at radius 1 is 0.831 bits per heavy atom. The highest BCUT2D eigenvalue weighted by molar-refractivity contribution is 6.02. The molecule has 0 spiro atoms. The summed E-state index contributed by atoms with van der Waals surface area (Å²) in [5.74, 6) is -0.0575. The number of terminal acetylenes is 1. The van der Waals surface area contributed by atoms with Crippen LogP contribution in [0.15, 0.2) is 65.8 Å². The van der Waals surface area contributed by atoms with E-state index in [-0.39, 0.29) is 79.8 Å². The van der Waals surface area contributed by atoms with E-state index in [0.29, 0.717) is 64.3 Å². The number of hydrazone groups is 1. The molecule has 2 aliphatic rings. The summed E-state index contributed by atoms with van der Waals surface area (Å²) in [5.41, 5.74) is 4.27. The fourth-order valence-electron chi connectivity index (χ4n) is 7.42. The zero-order chi connectivity index (χ0) is 42.8. The monoisotopic (exact) mass is 811 g/mol. The molecule has 320 valence electrons. The van der Waals surface area contributed by atoms with Crippen LogP contribution in [0.5, 0.6) is 0 Å². The lowest BCUT2D eigenvalue weighted by Gasteiger charge is -2.28. The molecule has 2 saturated heterocycles. The number of amides is 3. The van der Waals surface area contributed by atoms with Crippen molar-refractivity contribution in [2.45, 2.75) is 110 Å². The second-order valence-corrected chi connectivity index (χ2v) is 17.0. The summed E-state index contributed by atoms with van der Waals surface area (Å²) in [6.45, 7) is 13.0. The minimum atomic E-state index is -0.859. The van der Waals surface area contributed by atoms with Gasteiger partial charge in [-0.05, 0) is 62.0 Å². The first-order valence-electron chi connectivity index (χ1n) is 21.2. The molecule has 2 fully saturated rings. The van der Waals surface area contributed by atoms with Gasteiger partial charge >= 0.3 is 0 Å². The zero-order valence-electron chi connectivity index (χ0n) is 35.7. The number of aryl methyl sites for hydroxylation is 1. The Hall–Kier alpha value is -4.70. The Morgan fingerprint density at radius 3 is 2.00 bits per heavy atom. The number of nitrogens with one attached hydrogen (secondary N) is 3. The molecule has 2 aliphatic heterocycles. The highest BCUT2D eigenvalue weighted by Gasteiger charge is 2.49. The highest BCUT2D eigenvalue weighted by atomic mass is 16.6. The first kappa shape index (κ1) is 47.0. The predicted molar refractivity (Wildman–Crippen MR) is 229 cm³/mol. The van der Waals surface area contributed by atoms with Gasteiger partial charge in [-0.25, -0.2) is 5.43 Å². The van der Waals surface area contributed by atoms with Gasteiger partial charge in [0.25, 0.3) is 0 Å². The number of epoxide rings is 1. The molecule has 0 aliphatic carbocycles. The molecule has 0 unspecified atom stereocenters. The molecule has 2 aromatic carbocycles. The van der Waals surface area contributed by atoms with E-state index in [4.69, 9.17) is 15.9 Å². The summed E-state index contributed by atoms with van der Waals surface area (Å²) >= 11 is 0. The van der Waals surface area contributed by atoms with Crippen LogP contribution in [0.4, 0.5) is 0 Å². The van der Waals surface area contributed by atoms with E-state index in [2.05, 4.69) is 32.0 Å². The Morgan fingerprint density at radius 2 is 1.41 bits per heavy atom. The molecule has 59 heavy (non-hydrogen) atoms. The van der Waals surface area contributed by atoms with Gasteiger partial charge in [-0.15, -0.1) is 12.3 Å². The van der Waals surface area contributed by atoms with Crippen LogP contribution in [0.2, 0.25) is 0 Å². The minimum Gasteiger partial charge on any atom is -0.379 e. The van der Waals surface area contributed by atoms with Crippen molar-refractivity contribution in [2.24, 2.45) is 28.8 Å². The molecule has 0 bridgehead atoms. The molecular formula is C47H65N5O7. The van der Waals surface area contributed by atoms with Gasteiger partial charge in [0, 0.05) is 50.6 Å². The molecule has 12 nitrogen and oxygen atoms in total. The lowest BCUT2D eigenvalue weighted by atomic mass is 9.87. The van der Waals surface area contributed by atoms with Crippen LogP contribution >= 0.6 is 0 Å². The number of hydrogen-bond acceptors (Lipinski definition) is 9. The number of Topliss-reactive ketones (excluding diaryl/α,β-unsaturated/α-hetero) is 2. The third-order valence-corrected chi connectivity index (χ3v) is 10.8. The summed E-state index contributed by atoms with van der Waals surface area (Å²) < 4.78 is 11.2. The Labute approximate surface area is 351 Å². The van der Waals surface area contributed by atoms with Crippen molar-refractivity contribution in [1.82, 2.24) is 21.0 Å². The molecule has 0 aromatic heterocycles. The van der Waals surface area contributed by atoms with Crippen molar-refractivity contribution in [3.8, 4) is 12.3 Å². The molecule has 2 aromatic rings. The second kappa shape index (κ2) is 23.8. The Bertz CT molecular complexity index is 1750. The van der Waals surface area contributed by atoms with Crippen molar-refractivity contribution in [2.75, 3.05) is 39.5 Å². The van der Waals surface area contributed by atoms with E-state index < -0.39 is 29.5 Å². The van der Waals surface area contributed by atoms with E-state index in [0.717, 1.165) is 11.1 Å². The number of carbonyl (C=O) groups excluding carboxylic acids is 5. The van der Waals surface area contributed by atoms with Crippen LogP contribution in [-0.2, 0) is 46.3 Å². The van der Waals surface area contributed by atoms with Gasteiger partial charge in [0.1, 0.15) is 11.4 Å². The van der Waals surface area contributed by atoms with Gasteiger partial charge in [-0.2, -0.15) is 5.10 Å². The summed E-state index contributed by atoms with van der Waals surface area (Å²) in [6, 6.07) is 17.9. The van der Waals surface area contributed by atoms with Crippen molar-refractivity contribution in [1.29, 1.82) is 0 Å². The normalized spacial score (nSPS) is 18.9. The van der Waals surface area contributed by atoms with E-state index in [1.165, 1.54) is 0 Å². The van der Waals surface area contributed by atoms with Crippen LogP contribution in [-0.4, -0.2) is 97.0 Å². The predicted octanol–water partition coefficient (Wildman–Crippen LogP) is 5.08. The van der Waals surface area contributed by atoms with Crippen molar-refractivity contribution < 1.29 is 33.4 Å². The smallest absolute Gasteiger partial charge is 0.241 e. The largest absolute Gasteiger partial charge is 0.379 e. The number of nitrogens with zero attached hydrogens (tertiary/aromatic N) is 2. The molecule has 12 heteroatoms. The van der Waals surface area contributed by atoms with Gasteiger partial charge in [0.15, 0.2) is 5.78 Å². The Kier molecular flexibility index (Phi) is 18.9. The van der Waals surface area contributed by atoms with Crippen LogP contribution in [0.3, 0.4) is 0 Å². The van der Waals surface area contributed by atoms with Gasteiger partial charge in [-0.1, -0.05) is 88.4 Å². The lowest BCUT2D eigenvalue weighted by Crippen LogP contribution is -2.51. The molecule has 2 heterocycles. The molecule has 4 rings (SSSR count). The number of rotatable bonds is 25.